The van der Waals surface area contributed by atoms with Crippen LogP contribution in [-0.4, -0.2) is 34.7 Å². The zero-order valence-electron chi connectivity index (χ0n) is 14.0. The molecule has 1 aromatic heterocycles. The number of carbonyl (C=O) groups excluding carboxylic acids is 2. The van der Waals surface area contributed by atoms with Gasteiger partial charge in [-0.25, -0.2) is 4.68 Å². The van der Waals surface area contributed by atoms with Gasteiger partial charge in [-0.2, -0.15) is 5.10 Å². The average molecular weight is 393 g/mol. The van der Waals surface area contributed by atoms with E-state index in [0.717, 1.165) is 15.9 Å². The molecule has 1 heterocycles. The van der Waals surface area contributed by atoms with Crippen molar-refractivity contribution in [3.05, 3.63) is 46.2 Å². The first-order valence-electron chi connectivity index (χ1n) is 7.76. The molecule has 6 nitrogen and oxygen atoms in total. The van der Waals surface area contributed by atoms with Crippen molar-refractivity contribution in [2.75, 3.05) is 13.1 Å². The fraction of sp³-hybridized carbons (Fsp3) is 0.353. The van der Waals surface area contributed by atoms with E-state index in [1.807, 2.05) is 45.0 Å². The van der Waals surface area contributed by atoms with Gasteiger partial charge in [-0.15, -0.1) is 0 Å². The molecule has 0 saturated heterocycles. The topological polar surface area (TPSA) is 76.0 Å². The van der Waals surface area contributed by atoms with Gasteiger partial charge in [0.1, 0.15) is 0 Å². The Morgan fingerprint density at radius 1 is 1.17 bits per heavy atom. The monoisotopic (exact) mass is 392 g/mol. The van der Waals surface area contributed by atoms with Crippen molar-refractivity contribution < 1.29 is 9.59 Å². The second-order valence-electron chi connectivity index (χ2n) is 5.73. The van der Waals surface area contributed by atoms with E-state index in [0.29, 0.717) is 18.7 Å². The molecule has 7 heteroatoms. The first-order valence-corrected chi connectivity index (χ1v) is 8.56. The van der Waals surface area contributed by atoms with E-state index in [1.165, 1.54) is 0 Å². The van der Waals surface area contributed by atoms with Crippen molar-refractivity contribution in [3.8, 4) is 5.69 Å². The summed E-state index contributed by atoms with van der Waals surface area (Å²) >= 11 is 3.40. The summed E-state index contributed by atoms with van der Waals surface area (Å²) in [6, 6.07) is 7.70. The van der Waals surface area contributed by atoms with Crippen molar-refractivity contribution in [2.24, 2.45) is 5.92 Å². The Morgan fingerprint density at radius 2 is 1.79 bits per heavy atom. The lowest BCUT2D eigenvalue weighted by molar-refractivity contribution is -0.123. The SMILES string of the molecule is Cc1c(C(=O)NCCNC(=O)C(C)C)cnn1-c1ccc(Br)cc1. The third-order valence-electron chi connectivity index (χ3n) is 3.56. The Bertz CT molecular complexity index is 723. The van der Waals surface area contributed by atoms with Gasteiger partial charge in [-0.3, -0.25) is 9.59 Å². The standard InChI is InChI=1S/C17H21BrN4O2/c1-11(2)16(23)19-8-9-20-17(24)15-10-21-22(12(15)3)14-6-4-13(18)5-7-14/h4-7,10-11H,8-9H2,1-3H3,(H,19,23)(H,20,24). The lowest BCUT2D eigenvalue weighted by Gasteiger charge is -2.09. The Hall–Kier alpha value is -2.15. The first kappa shape index (κ1) is 18.2. The summed E-state index contributed by atoms with van der Waals surface area (Å²) in [7, 11) is 0. The number of nitrogens with zero attached hydrogens (tertiary/aromatic N) is 2. The molecule has 0 radical (unpaired) electrons. The van der Waals surface area contributed by atoms with Crippen LogP contribution >= 0.6 is 15.9 Å². The van der Waals surface area contributed by atoms with Crippen molar-refractivity contribution in [3.63, 3.8) is 0 Å². The maximum Gasteiger partial charge on any atom is 0.254 e. The zero-order chi connectivity index (χ0) is 17.7. The molecule has 0 unspecified atom stereocenters. The average Bonchev–Trinajstić information content (AvgIpc) is 2.93. The smallest absolute Gasteiger partial charge is 0.254 e. The highest BCUT2D eigenvalue weighted by Gasteiger charge is 2.15. The Labute approximate surface area is 149 Å². The van der Waals surface area contributed by atoms with Crippen LogP contribution in [0.2, 0.25) is 0 Å². The van der Waals surface area contributed by atoms with Gasteiger partial charge in [0, 0.05) is 23.5 Å². The summed E-state index contributed by atoms with van der Waals surface area (Å²) in [5.74, 6) is -0.287. The number of amides is 2. The van der Waals surface area contributed by atoms with Crippen LogP contribution in [0.15, 0.2) is 34.9 Å². The van der Waals surface area contributed by atoms with E-state index in [9.17, 15) is 9.59 Å². The molecule has 2 N–H and O–H groups in total. The van der Waals surface area contributed by atoms with Crippen LogP contribution in [0.5, 0.6) is 0 Å². The highest BCUT2D eigenvalue weighted by Crippen LogP contribution is 2.17. The normalized spacial score (nSPS) is 10.7. The van der Waals surface area contributed by atoms with Crippen LogP contribution in [-0.2, 0) is 4.79 Å². The molecule has 2 aromatic rings. The number of rotatable bonds is 6. The van der Waals surface area contributed by atoms with Crippen LogP contribution in [0.1, 0.15) is 29.9 Å². The molecule has 0 spiro atoms. The Balaban J connectivity index is 1.96. The maximum absolute atomic E-state index is 12.3. The molecule has 0 aliphatic carbocycles. The highest BCUT2D eigenvalue weighted by atomic mass is 79.9. The largest absolute Gasteiger partial charge is 0.354 e. The number of carbonyl (C=O) groups is 2. The summed E-state index contributed by atoms with van der Waals surface area (Å²) in [5.41, 5.74) is 2.17. The van der Waals surface area contributed by atoms with E-state index in [-0.39, 0.29) is 17.7 Å². The van der Waals surface area contributed by atoms with Crippen LogP contribution in [0, 0.1) is 12.8 Å². The summed E-state index contributed by atoms with van der Waals surface area (Å²) in [4.78, 5) is 23.7. The minimum atomic E-state index is -0.199. The van der Waals surface area contributed by atoms with Gasteiger partial charge in [0.05, 0.1) is 23.1 Å². The minimum absolute atomic E-state index is 0.0245. The van der Waals surface area contributed by atoms with Gasteiger partial charge < -0.3 is 10.6 Å². The lowest BCUT2D eigenvalue weighted by atomic mass is 10.2. The number of aromatic nitrogens is 2. The molecule has 2 rings (SSSR count). The third-order valence-corrected chi connectivity index (χ3v) is 4.09. The van der Waals surface area contributed by atoms with Crippen molar-refractivity contribution in [1.29, 1.82) is 0 Å². The molecule has 0 bridgehead atoms. The molecular weight excluding hydrogens is 372 g/mol. The minimum Gasteiger partial charge on any atom is -0.354 e. The second-order valence-corrected chi connectivity index (χ2v) is 6.65. The summed E-state index contributed by atoms with van der Waals surface area (Å²) in [5, 5.41) is 9.84. The molecule has 0 fully saturated rings. The molecular formula is C17H21BrN4O2. The van der Waals surface area contributed by atoms with E-state index < -0.39 is 0 Å². The Kier molecular flexibility index (Phi) is 6.14. The molecule has 0 atom stereocenters. The van der Waals surface area contributed by atoms with Crippen molar-refractivity contribution in [1.82, 2.24) is 20.4 Å². The van der Waals surface area contributed by atoms with Gasteiger partial charge in [0.2, 0.25) is 5.91 Å². The Morgan fingerprint density at radius 3 is 2.42 bits per heavy atom. The van der Waals surface area contributed by atoms with Crippen LogP contribution in [0.25, 0.3) is 5.69 Å². The fourth-order valence-corrected chi connectivity index (χ4v) is 2.40. The number of halogens is 1. The first-order chi connectivity index (χ1) is 11.4. The molecule has 0 aliphatic heterocycles. The summed E-state index contributed by atoms with van der Waals surface area (Å²) in [6.45, 7) is 6.29. The van der Waals surface area contributed by atoms with Gasteiger partial charge in [-0.05, 0) is 31.2 Å². The van der Waals surface area contributed by atoms with Crippen LogP contribution in [0.4, 0.5) is 0 Å². The number of hydrogen-bond donors (Lipinski definition) is 2. The molecule has 128 valence electrons. The number of nitrogens with one attached hydrogen (secondary N) is 2. The highest BCUT2D eigenvalue weighted by molar-refractivity contribution is 9.10. The molecule has 24 heavy (non-hydrogen) atoms. The molecule has 2 amide bonds. The van der Waals surface area contributed by atoms with E-state index in [1.54, 1.807) is 10.9 Å². The molecule has 0 saturated carbocycles. The van der Waals surface area contributed by atoms with E-state index in [2.05, 4.69) is 31.7 Å². The summed E-state index contributed by atoms with van der Waals surface area (Å²) in [6.07, 6.45) is 1.55. The predicted molar refractivity (Wildman–Crippen MR) is 96.2 cm³/mol. The number of benzene rings is 1. The number of hydrogen-bond acceptors (Lipinski definition) is 3. The molecule has 0 aliphatic rings. The lowest BCUT2D eigenvalue weighted by Crippen LogP contribution is -2.36. The maximum atomic E-state index is 12.3. The van der Waals surface area contributed by atoms with Crippen molar-refractivity contribution >= 4 is 27.7 Å². The quantitative estimate of drug-likeness (QED) is 0.741. The van der Waals surface area contributed by atoms with Crippen LogP contribution in [0.3, 0.4) is 0 Å². The zero-order valence-corrected chi connectivity index (χ0v) is 15.6. The fourth-order valence-electron chi connectivity index (χ4n) is 2.14. The van der Waals surface area contributed by atoms with Gasteiger partial charge in [-0.1, -0.05) is 29.8 Å². The third kappa shape index (κ3) is 4.44. The van der Waals surface area contributed by atoms with Gasteiger partial charge in [0.25, 0.3) is 5.91 Å². The van der Waals surface area contributed by atoms with Gasteiger partial charge >= 0.3 is 0 Å². The summed E-state index contributed by atoms with van der Waals surface area (Å²) < 4.78 is 2.71. The van der Waals surface area contributed by atoms with Gasteiger partial charge in [0.15, 0.2) is 0 Å². The van der Waals surface area contributed by atoms with Crippen molar-refractivity contribution in [2.45, 2.75) is 20.8 Å². The predicted octanol–water partition coefficient (Wildman–Crippen LogP) is 2.45. The van der Waals surface area contributed by atoms with E-state index in [4.69, 9.17) is 0 Å². The van der Waals surface area contributed by atoms with Crippen LogP contribution < -0.4 is 10.6 Å². The second kappa shape index (κ2) is 8.10. The van der Waals surface area contributed by atoms with E-state index >= 15 is 0 Å². The molecule has 1 aromatic carbocycles.